The summed E-state index contributed by atoms with van der Waals surface area (Å²) in [5.41, 5.74) is -1.07. The topological polar surface area (TPSA) is 86.6 Å². The lowest BCUT2D eigenvalue weighted by atomic mass is 9.76. The molecule has 0 aliphatic rings. The molecule has 2 atom stereocenters. The predicted octanol–water partition coefficient (Wildman–Crippen LogP) is 0.620. The minimum atomic E-state index is -1.07. The summed E-state index contributed by atoms with van der Waals surface area (Å²) in [5.74, 6) is -1.46. The molecular formula is C11H21NO4. The van der Waals surface area contributed by atoms with Crippen LogP contribution in [0.2, 0.25) is 0 Å². The van der Waals surface area contributed by atoms with Gasteiger partial charge in [0.2, 0.25) is 5.91 Å². The van der Waals surface area contributed by atoms with Crippen LogP contribution in [0.5, 0.6) is 0 Å². The van der Waals surface area contributed by atoms with Crippen molar-refractivity contribution in [1.82, 2.24) is 5.32 Å². The van der Waals surface area contributed by atoms with Crippen molar-refractivity contribution >= 4 is 11.9 Å². The van der Waals surface area contributed by atoms with Crippen LogP contribution < -0.4 is 5.32 Å². The molecule has 0 fully saturated rings. The molecule has 0 aromatic carbocycles. The third-order valence-corrected chi connectivity index (χ3v) is 2.89. The number of amides is 1. The predicted molar refractivity (Wildman–Crippen MR) is 59.9 cm³/mol. The second kappa shape index (κ2) is 5.84. The van der Waals surface area contributed by atoms with Crippen molar-refractivity contribution in [2.45, 2.75) is 40.2 Å². The van der Waals surface area contributed by atoms with Gasteiger partial charge < -0.3 is 15.5 Å². The van der Waals surface area contributed by atoms with Crippen LogP contribution in [0.3, 0.4) is 0 Å². The molecule has 0 saturated heterocycles. The summed E-state index contributed by atoms with van der Waals surface area (Å²) < 4.78 is 0. The largest absolute Gasteiger partial charge is 0.481 e. The Morgan fingerprint density at radius 2 is 1.81 bits per heavy atom. The van der Waals surface area contributed by atoms with E-state index in [0.717, 1.165) is 0 Å². The molecule has 0 heterocycles. The number of carboxylic acids is 1. The van der Waals surface area contributed by atoms with Crippen molar-refractivity contribution < 1.29 is 19.8 Å². The molecule has 0 aliphatic heterocycles. The van der Waals surface area contributed by atoms with Crippen molar-refractivity contribution in [1.29, 1.82) is 0 Å². The first kappa shape index (κ1) is 14.9. The third kappa shape index (κ3) is 4.18. The summed E-state index contributed by atoms with van der Waals surface area (Å²) >= 11 is 0. The monoisotopic (exact) mass is 231 g/mol. The van der Waals surface area contributed by atoms with Crippen LogP contribution >= 0.6 is 0 Å². The summed E-state index contributed by atoms with van der Waals surface area (Å²) in [7, 11) is 0. The van der Waals surface area contributed by atoms with E-state index >= 15 is 0 Å². The van der Waals surface area contributed by atoms with Gasteiger partial charge >= 0.3 is 5.97 Å². The van der Waals surface area contributed by atoms with Crippen LogP contribution in [-0.2, 0) is 9.59 Å². The van der Waals surface area contributed by atoms with Gasteiger partial charge in [-0.15, -0.1) is 0 Å². The van der Waals surface area contributed by atoms with Crippen LogP contribution in [0.1, 0.15) is 34.1 Å². The summed E-state index contributed by atoms with van der Waals surface area (Å²) in [4.78, 5) is 22.6. The SMILES string of the molecule is CC(C)C(C)(CC(=O)NC[C@@H](C)O)C(=O)O. The maximum atomic E-state index is 11.5. The lowest BCUT2D eigenvalue weighted by Crippen LogP contribution is -2.40. The van der Waals surface area contributed by atoms with Crippen LogP contribution in [0.4, 0.5) is 0 Å². The highest BCUT2D eigenvalue weighted by atomic mass is 16.4. The molecule has 3 N–H and O–H groups in total. The number of aliphatic hydroxyl groups is 1. The Hall–Kier alpha value is -1.10. The number of carboxylic acid groups (broad SMARTS) is 1. The van der Waals surface area contributed by atoms with Crippen LogP contribution in [0.25, 0.3) is 0 Å². The Labute approximate surface area is 95.9 Å². The van der Waals surface area contributed by atoms with Gasteiger partial charge in [0, 0.05) is 13.0 Å². The average molecular weight is 231 g/mol. The number of aliphatic carboxylic acids is 1. The average Bonchev–Trinajstić information content (AvgIpc) is 2.13. The summed E-state index contributed by atoms with van der Waals surface area (Å²) in [5, 5.41) is 20.6. The molecule has 5 nitrogen and oxygen atoms in total. The van der Waals surface area contributed by atoms with Gasteiger partial charge in [0.15, 0.2) is 0 Å². The second-order valence-corrected chi connectivity index (χ2v) is 4.71. The molecule has 0 aromatic heterocycles. The van der Waals surface area contributed by atoms with E-state index in [1.165, 1.54) is 0 Å². The minimum Gasteiger partial charge on any atom is -0.481 e. The van der Waals surface area contributed by atoms with E-state index < -0.39 is 17.5 Å². The first-order valence-corrected chi connectivity index (χ1v) is 5.38. The smallest absolute Gasteiger partial charge is 0.310 e. The first-order chi connectivity index (χ1) is 7.20. The Morgan fingerprint density at radius 1 is 1.31 bits per heavy atom. The Bertz CT molecular complexity index is 263. The fourth-order valence-corrected chi connectivity index (χ4v) is 1.18. The van der Waals surface area contributed by atoms with Crippen LogP contribution in [0, 0.1) is 11.3 Å². The van der Waals surface area contributed by atoms with Crippen molar-refractivity contribution in [2.75, 3.05) is 6.54 Å². The van der Waals surface area contributed by atoms with E-state index in [1.807, 2.05) is 0 Å². The highest BCUT2D eigenvalue weighted by Gasteiger charge is 2.38. The number of carbonyl (C=O) groups excluding carboxylic acids is 1. The van der Waals surface area contributed by atoms with Gasteiger partial charge in [0.25, 0.3) is 0 Å². The van der Waals surface area contributed by atoms with Crippen molar-refractivity contribution in [3.05, 3.63) is 0 Å². The minimum absolute atomic E-state index is 0.0767. The van der Waals surface area contributed by atoms with Gasteiger partial charge in [-0.05, 0) is 19.8 Å². The molecule has 0 saturated carbocycles. The number of aliphatic hydroxyl groups excluding tert-OH is 1. The lowest BCUT2D eigenvalue weighted by molar-refractivity contribution is -0.153. The molecule has 0 spiro atoms. The normalized spacial score (nSPS) is 16.6. The number of hydrogen-bond acceptors (Lipinski definition) is 3. The Kier molecular flexibility index (Phi) is 5.44. The highest BCUT2D eigenvalue weighted by molar-refractivity contribution is 5.84. The third-order valence-electron chi connectivity index (χ3n) is 2.89. The molecule has 1 unspecified atom stereocenters. The fraction of sp³-hybridized carbons (Fsp3) is 0.818. The molecule has 94 valence electrons. The fourth-order valence-electron chi connectivity index (χ4n) is 1.18. The van der Waals surface area contributed by atoms with E-state index in [2.05, 4.69) is 5.32 Å². The Morgan fingerprint density at radius 3 is 2.12 bits per heavy atom. The number of hydrogen-bond donors (Lipinski definition) is 3. The van der Waals surface area contributed by atoms with Gasteiger partial charge in [0.05, 0.1) is 11.5 Å². The van der Waals surface area contributed by atoms with E-state index in [-0.39, 0.29) is 24.8 Å². The Balaban J connectivity index is 4.42. The summed E-state index contributed by atoms with van der Waals surface area (Å²) in [6, 6.07) is 0. The summed E-state index contributed by atoms with van der Waals surface area (Å²) in [6.07, 6.45) is -0.703. The molecule has 5 heteroatoms. The second-order valence-electron chi connectivity index (χ2n) is 4.71. The van der Waals surface area contributed by atoms with Crippen molar-refractivity contribution in [3.63, 3.8) is 0 Å². The standard InChI is InChI=1S/C11H21NO4/c1-7(2)11(4,10(15)16)5-9(14)12-6-8(3)13/h7-8,13H,5-6H2,1-4H3,(H,12,14)(H,15,16)/t8-,11?/m1/s1. The van der Waals surface area contributed by atoms with E-state index in [4.69, 9.17) is 10.2 Å². The lowest BCUT2D eigenvalue weighted by Gasteiger charge is -2.28. The molecule has 0 aliphatic carbocycles. The van der Waals surface area contributed by atoms with Gasteiger partial charge in [-0.1, -0.05) is 13.8 Å². The maximum Gasteiger partial charge on any atom is 0.310 e. The summed E-state index contributed by atoms with van der Waals surface area (Å²) in [6.45, 7) is 6.81. The zero-order valence-corrected chi connectivity index (χ0v) is 10.3. The van der Waals surface area contributed by atoms with Gasteiger partial charge in [-0.3, -0.25) is 9.59 Å². The number of carbonyl (C=O) groups is 2. The molecule has 0 radical (unpaired) electrons. The number of nitrogens with one attached hydrogen (secondary N) is 1. The van der Waals surface area contributed by atoms with E-state index in [1.54, 1.807) is 27.7 Å². The zero-order valence-electron chi connectivity index (χ0n) is 10.3. The molecule has 16 heavy (non-hydrogen) atoms. The van der Waals surface area contributed by atoms with E-state index in [0.29, 0.717) is 0 Å². The molecule has 0 aromatic rings. The van der Waals surface area contributed by atoms with Gasteiger partial charge in [-0.25, -0.2) is 0 Å². The molecule has 0 bridgehead atoms. The highest BCUT2D eigenvalue weighted by Crippen LogP contribution is 2.31. The molecule has 1 amide bonds. The van der Waals surface area contributed by atoms with Crippen LogP contribution in [-0.4, -0.2) is 34.7 Å². The van der Waals surface area contributed by atoms with Crippen molar-refractivity contribution in [3.8, 4) is 0 Å². The van der Waals surface area contributed by atoms with Crippen molar-refractivity contribution in [2.24, 2.45) is 11.3 Å². The molecular weight excluding hydrogens is 210 g/mol. The van der Waals surface area contributed by atoms with Crippen LogP contribution in [0.15, 0.2) is 0 Å². The molecule has 0 rings (SSSR count). The van der Waals surface area contributed by atoms with E-state index in [9.17, 15) is 9.59 Å². The maximum absolute atomic E-state index is 11.5. The number of rotatable bonds is 6. The van der Waals surface area contributed by atoms with Gasteiger partial charge in [-0.2, -0.15) is 0 Å². The quantitative estimate of drug-likeness (QED) is 0.625. The first-order valence-electron chi connectivity index (χ1n) is 5.38. The van der Waals surface area contributed by atoms with Gasteiger partial charge in [0.1, 0.15) is 0 Å². The zero-order chi connectivity index (χ0) is 12.9.